The number of carbonyl (C=O) groups excluding carboxylic acids is 1. The summed E-state index contributed by atoms with van der Waals surface area (Å²) in [5.41, 5.74) is 6.63. The molecule has 2 N–H and O–H groups in total. The Balaban J connectivity index is 1.39. The number of fused-ring (bicyclic) bond motifs is 2. The van der Waals surface area contributed by atoms with Crippen LogP contribution >= 0.6 is 0 Å². The first-order chi connectivity index (χ1) is 19.1. The third-order valence-corrected chi connectivity index (χ3v) is 7.39. The molecule has 3 aromatic carbocycles. The van der Waals surface area contributed by atoms with E-state index in [-0.39, 0.29) is 18.9 Å². The fourth-order valence-electron chi connectivity index (χ4n) is 5.44. The van der Waals surface area contributed by atoms with Gasteiger partial charge in [-0.15, -0.1) is 0 Å². The summed E-state index contributed by atoms with van der Waals surface area (Å²) in [4.78, 5) is 38.0. The van der Waals surface area contributed by atoms with E-state index in [2.05, 4.69) is 9.88 Å². The highest BCUT2D eigenvalue weighted by Crippen LogP contribution is 2.36. The molecule has 0 aliphatic heterocycles. The number of carbonyl (C=O) groups is 2. The maximum absolute atomic E-state index is 12.7. The summed E-state index contributed by atoms with van der Waals surface area (Å²) < 4.78 is 2.33. The van der Waals surface area contributed by atoms with E-state index in [4.69, 9.17) is 20.1 Å². The zero-order valence-corrected chi connectivity index (χ0v) is 21.5. The summed E-state index contributed by atoms with van der Waals surface area (Å²) in [7, 11) is 0. The summed E-state index contributed by atoms with van der Waals surface area (Å²) >= 11 is 0. The second kappa shape index (κ2) is 10.6. The molecule has 0 unspecified atom stereocenters. The fraction of sp³-hybridized carbons (Fsp3) is 0.258. The number of amides is 1. The van der Waals surface area contributed by atoms with Crippen LogP contribution in [-0.2, 0) is 4.79 Å². The molecule has 0 atom stereocenters. The van der Waals surface area contributed by atoms with Gasteiger partial charge in [-0.1, -0.05) is 49.6 Å². The van der Waals surface area contributed by atoms with Crippen molar-refractivity contribution in [1.29, 1.82) is 0 Å². The number of nitrogens with one attached hydrogen (secondary N) is 1. The highest BCUT2D eigenvalue weighted by Gasteiger charge is 2.23. The number of aliphatic carboxylic acids is 1. The van der Waals surface area contributed by atoms with Crippen LogP contribution in [0.25, 0.3) is 44.7 Å². The van der Waals surface area contributed by atoms with Gasteiger partial charge in [0.2, 0.25) is 0 Å². The lowest BCUT2D eigenvalue weighted by Crippen LogP contribution is -2.25. The first-order valence-electron chi connectivity index (χ1n) is 13.4. The Labute approximate surface area is 225 Å². The largest absolute Gasteiger partial charge is 0.481 e. The maximum Gasteiger partial charge on any atom is 0.305 e. The van der Waals surface area contributed by atoms with Gasteiger partial charge in [-0.3, -0.25) is 14.6 Å². The third-order valence-electron chi connectivity index (χ3n) is 7.39. The number of hydrogen-bond acceptors (Lipinski definition) is 5. The van der Waals surface area contributed by atoms with E-state index < -0.39 is 5.97 Å². The molecule has 1 fully saturated rings. The average Bonchev–Trinajstić information content (AvgIpc) is 3.36. The highest BCUT2D eigenvalue weighted by atomic mass is 16.4. The van der Waals surface area contributed by atoms with Crippen molar-refractivity contribution < 1.29 is 14.7 Å². The number of carboxylic acid groups (broad SMARTS) is 1. The molecule has 8 nitrogen and oxygen atoms in total. The molecule has 1 saturated carbocycles. The molecule has 196 valence electrons. The SMILES string of the molecule is O=C(O)CCNC(=O)c1ccc2c(c1)nc(-c1ccc3nc(-c4ccccc4)cnc3c1)n2C1CCCCC1. The quantitative estimate of drug-likeness (QED) is 0.272. The van der Waals surface area contributed by atoms with Gasteiger partial charge in [0.25, 0.3) is 5.91 Å². The minimum atomic E-state index is -0.946. The number of aromatic nitrogens is 4. The minimum absolute atomic E-state index is 0.0814. The molecule has 0 spiro atoms. The molecule has 1 aliphatic carbocycles. The van der Waals surface area contributed by atoms with Gasteiger partial charge in [-0.25, -0.2) is 9.97 Å². The van der Waals surface area contributed by atoms with Crippen molar-refractivity contribution in [1.82, 2.24) is 24.8 Å². The monoisotopic (exact) mass is 519 g/mol. The lowest BCUT2D eigenvalue weighted by Gasteiger charge is -2.25. The number of rotatable bonds is 7. The number of carboxylic acids is 1. The van der Waals surface area contributed by atoms with E-state index >= 15 is 0 Å². The normalized spacial score (nSPS) is 14.1. The molecule has 0 bridgehead atoms. The lowest BCUT2D eigenvalue weighted by atomic mass is 9.94. The predicted octanol–water partition coefficient (Wildman–Crippen LogP) is 6.02. The zero-order valence-electron chi connectivity index (χ0n) is 21.5. The van der Waals surface area contributed by atoms with Crippen LogP contribution in [0, 0.1) is 0 Å². The molecular formula is C31H29N5O3. The van der Waals surface area contributed by atoms with Gasteiger partial charge in [0, 0.05) is 29.3 Å². The number of imidazole rings is 1. The summed E-state index contributed by atoms with van der Waals surface area (Å²) in [5, 5.41) is 11.5. The van der Waals surface area contributed by atoms with E-state index in [0.29, 0.717) is 11.6 Å². The number of benzene rings is 3. The van der Waals surface area contributed by atoms with Crippen LogP contribution in [0.2, 0.25) is 0 Å². The van der Waals surface area contributed by atoms with Crippen LogP contribution in [0.4, 0.5) is 0 Å². The van der Waals surface area contributed by atoms with Crippen LogP contribution in [0.1, 0.15) is 54.9 Å². The maximum atomic E-state index is 12.7. The lowest BCUT2D eigenvalue weighted by molar-refractivity contribution is -0.136. The molecule has 2 aromatic heterocycles. The van der Waals surface area contributed by atoms with Crippen LogP contribution in [0.3, 0.4) is 0 Å². The zero-order chi connectivity index (χ0) is 26.8. The summed E-state index contributed by atoms with van der Waals surface area (Å²) in [6.07, 6.45) is 7.47. The van der Waals surface area contributed by atoms with Gasteiger partial charge < -0.3 is 15.0 Å². The first kappa shape index (κ1) is 24.7. The van der Waals surface area contributed by atoms with Gasteiger partial charge in [0.1, 0.15) is 5.82 Å². The molecule has 1 amide bonds. The van der Waals surface area contributed by atoms with Crippen molar-refractivity contribution in [2.75, 3.05) is 6.54 Å². The van der Waals surface area contributed by atoms with Gasteiger partial charge >= 0.3 is 5.97 Å². The first-order valence-corrected chi connectivity index (χ1v) is 13.4. The Morgan fingerprint density at radius 3 is 2.49 bits per heavy atom. The number of nitrogens with zero attached hydrogens (tertiary/aromatic N) is 4. The molecular weight excluding hydrogens is 490 g/mol. The van der Waals surface area contributed by atoms with Crippen molar-refractivity contribution >= 4 is 33.9 Å². The minimum Gasteiger partial charge on any atom is -0.481 e. The van der Waals surface area contributed by atoms with Gasteiger partial charge in [0.05, 0.1) is 40.4 Å². The Hall–Kier alpha value is -4.59. The number of hydrogen-bond donors (Lipinski definition) is 2. The van der Waals surface area contributed by atoms with Crippen LogP contribution in [-0.4, -0.2) is 43.0 Å². The molecule has 8 heteroatoms. The smallest absolute Gasteiger partial charge is 0.305 e. The van der Waals surface area contributed by atoms with Crippen LogP contribution < -0.4 is 5.32 Å². The van der Waals surface area contributed by atoms with E-state index in [1.54, 1.807) is 18.3 Å². The topological polar surface area (TPSA) is 110 Å². The van der Waals surface area contributed by atoms with Crippen LogP contribution in [0.15, 0.2) is 72.9 Å². The van der Waals surface area contributed by atoms with E-state index in [9.17, 15) is 9.59 Å². The Morgan fingerprint density at radius 1 is 0.872 bits per heavy atom. The molecule has 6 rings (SSSR count). The highest BCUT2D eigenvalue weighted by molar-refractivity contribution is 5.98. The van der Waals surface area contributed by atoms with E-state index in [1.165, 1.54) is 19.3 Å². The molecule has 39 heavy (non-hydrogen) atoms. The Bertz CT molecular complexity index is 1670. The van der Waals surface area contributed by atoms with Crippen molar-refractivity contribution in [2.24, 2.45) is 0 Å². The Morgan fingerprint density at radius 2 is 1.69 bits per heavy atom. The van der Waals surface area contributed by atoms with Gasteiger partial charge in [-0.2, -0.15) is 0 Å². The van der Waals surface area contributed by atoms with Crippen molar-refractivity contribution in [2.45, 2.75) is 44.6 Å². The average molecular weight is 520 g/mol. The molecule has 0 radical (unpaired) electrons. The van der Waals surface area contributed by atoms with E-state index in [0.717, 1.165) is 57.6 Å². The molecule has 0 saturated heterocycles. The molecule has 2 heterocycles. The fourth-order valence-corrected chi connectivity index (χ4v) is 5.44. The summed E-state index contributed by atoms with van der Waals surface area (Å²) in [6, 6.07) is 22.0. The van der Waals surface area contributed by atoms with Gasteiger partial charge in [-0.05, 0) is 49.2 Å². The van der Waals surface area contributed by atoms with E-state index in [1.807, 2.05) is 54.6 Å². The molecule has 1 aliphatic rings. The Kier molecular flexibility index (Phi) is 6.75. The third kappa shape index (κ3) is 5.10. The second-order valence-electron chi connectivity index (χ2n) is 10.0. The predicted molar refractivity (Wildman–Crippen MR) is 150 cm³/mol. The van der Waals surface area contributed by atoms with Crippen LogP contribution in [0.5, 0.6) is 0 Å². The standard InChI is InChI=1S/C31H29N5O3/c37-29(38)15-16-32-31(39)22-12-14-28-26(18-22)35-30(36(28)23-9-5-2-6-10-23)21-11-13-24-25(17-21)33-19-27(34-24)20-7-3-1-4-8-20/h1,3-4,7-8,11-14,17-19,23H,2,5-6,9-10,15-16H2,(H,32,39)(H,37,38). The van der Waals surface area contributed by atoms with Crippen molar-refractivity contribution in [3.8, 4) is 22.6 Å². The van der Waals surface area contributed by atoms with Crippen molar-refractivity contribution in [3.05, 3.63) is 78.5 Å². The molecule has 5 aromatic rings. The second-order valence-corrected chi connectivity index (χ2v) is 10.0. The van der Waals surface area contributed by atoms with Gasteiger partial charge in [0.15, 0.2) is 0 Å². The summed E-state index contributed by atoms with van der Waals surface area (Å²) in [6.45, 7) is 0.0814. The summed E-state index contributed by atoms with van der Waals surface area (Å²) in [5.74, 6) is -0.392. The van der Waals surface area contributed by atoms with Crippen molar-refractivity contribution in [3.63, 3.8) is 0 Å².